The number of anilines is 2. The Morgan fingerprint density at radius 3 is 2.75 bits per heavy atom. The van der Waals surface area contributed by atoms with E-state index < -0.39 is 11.0 Å². The third-order valence-corrected chi connectivity index (χ3v) is 5.81. The molecule has 0 radical (unpaired) electrons. The molecule has 28 heavy (non-hydrogen) atoms. The number of aromatic nitrogens is 1. The predicted molar refractivity (Wildman–Crippen MR) is 114 cm³/mol. The van der Waals surface area contributed by atoms with Crippen molar-refractivity contribution in [3.8, 4) is 0 Å². The summed E-state index contributed by atoms with van der Waals surface area (Å²) in [6.45, 7) is 0. The first kappa shape index (κ1) is 20.2. The van der Waals surface area contributed by atoms with Crippen molar-refractivity contribution in [3.05, 3.63) is 48.3 Å². The Morgan fingerprint density at radius 1 is 1.29 bits per heavy atom. The van der Waals surface area contributed by atoms with Gasteiger partial charge < -0.3 is 11.1 Å². The topological polar surface area (TPSA) is 122 Å². The number of nitrogens with two attached hydrogens (primary N) is 2. The van der Waals surface area contributed by atoms with Crippen molar-refractivity contribution < 1.29 is 4.21 Å². The van der Waals surface area contributed by atoms with Crippen LogP contribution in [0.25, 0.3) is 0 Å². The van der Waals surface area contributed by atoms with Crippen LogP contribution in [0.2, 0.25) is 0 Å². The summed E-state index contributed by atoms with van der Waals surface area (Å²) >= 11 is 0. The summed E-state index contributed by atoms with van der Waals surface area (Å²) in [6, 6.07) is 9.48. The Morgan fingerprint density at radius 2 is 2.07 bits per heavy atom. The first-order valence-electron chi connectivity index (χ1n) is 9.37. The maximum atomic E-state index is 12.2. The van der Waals surface area contributed by atoms with Gasteiger partial charge in [0.05, 0.1) is 16.8 Å². The quantitative estimate of drug-likeness (QED) is 0.244. The molecule has 1 heterocycles. The van der Waals surface area contributed by atoms with Crippen LogP contribution in [0, 0.1) is 0 Å². The number of hydrogen-bond acceptors (Lipinski definition) is 6. The van der Waals surface area contributed by atoms with Gasteiger partial charge in [-0.05, 0) is 50.2 Å². The van der Waals surface area contributed by atoms with Crippen LogP contribution in [-0.4, -0.2) is 28.1 Å². The van der Waals surface area contributed by atoms with Gasteiger partial charge >= 0.3 is 0 Å². The van der Waals surface area contributed by atoms with Crippen LogP contribution in [0.4, 0.5) is 11.4 Å². The molecule has 1 aromatic carbocycles. The maximum absolute atomic E-state index is 12.2. The van der Waals surface area contributed by atoms with Crippen LogP contribution in [-0.2, 0) is 11.0 Å². The van der Waals surface area contributed by atoms with Crippen LogP contribution in [0.3, 0.4) is 0 Å². The van der Waals surface area contributed by atoms with Gasteiger partial charge in [0.15, 0.2) is 5.84 Å². The van der Waals surface area contributed by atoms with Crippen molar-refractivity contribution >= 4 is 28.2 Å². The van der Waals surface area contributed by atoms with Gasteiger partial charge in [-0.3, -0.25) is 4.98 Å². The summed E-state index contributed by atoms with van der Waals surface area (Å²) in [5.41, 5.74) is 8.45. The van der Waals surface area contributed by atoms with E-state index >= 15 is 0 Å². The standard InChI is InChI=1S/C19H27N7OS/c1-22-28(27)16-9-10-18(24-14-6-3-2-4-7-14)17(12-16)19(20)25-26(21)15-8-5-11-23-13-15/h5,8-14,22,24H,2-4,6-7,21H2,1H3,(H2,20,25). The van der Waals surface area contributed by atoms with Crippen LogP contribution < -0.4 is 26.7 Å². The van der Waals surface area contributed by atoms with E-state index in [0.29, 0.717) is 22.2 Å². The number of hydrazine groups is 1. The highest BCUT2D eigenvalue weighted by molar-refractivity contribution is 7.83. The number of hydrogen-bond donors (Lipinski definition) is 4. The molecular formula is C19H27N7OS. The molecule has 9 heteroatoms. The van der Waals surface area contributed by atoms with E-state index in [1.54, 1.807) is 37.6 Å². The zero-order valence-electron chi connectivity index (χ0n) is 16.0. The van der Waals surface area contributed by atoms with Crippen molar-refractivity contribution in [2.75, 3.05) is 17.5 Å². The van der Waals surface area contributed by atoms with Crippen LogP contribution in [0.1, 0.15) is 37.7 Å². The number of hydrazone groups is 1. The fourth-order valence-electron chi connectivity index (χ4n) is 3.28. The largest absolute Gasteiger partial charge is 0.382 e. The van der Waals surface area contributed by atoms with Gasteiger partial charge in [0.1, 0.15) is 11.0 Å². The molecule has 1 fully saturated rings. The highest BCUT2D eigenvalue weighted by Gasteiger charge is 2.17. The fourth-order valence-corrected chi connectivity index (χ4v) is 3.93. The average Bonchev–Trinajstić information content (AvgIpc) is 2.74. The Bertz CT molecular complexity index is 837. The highest BCUT2D eigenvalue weighted by Crippen LogP contribution is 2.25. The molecule has 3 rings (SSSR count). The molecule has 0 bridgehead atoms. The van der Waals surface area contributed by atoms with Gasteiger partial charge in [0.25, 0.3) is 0 Å². The fraction of sp³-hybridized carbons (Fsp3) is 0.368. The molecule has 150 valence electrons. The van der Waals surface area contributed by atoms with Crippen molar-refractivity contribution in [1.29, 1.82) is 0 Å². The summed E-state index contributed by atoms with van der Waals surface area (Å²) in [6.07, 6.45) is 9.23. The van der Waals surface area contributed by atoms with E-state index in [2.05, 4.69) is 20.1 Å². The van der Waals surface area contributed by atoms with Crippen LogP contribution in [0.15, 0.2) is 52.7 Å². The molecule has 0 spiro atoms. The third-order valence-electron chi connectivity index (χ3n) is 4.76. The lowest BCUT2D eigenvalue weighted by Crippen LogP contribution is -2.30. The smallest absolute Gasteiger partial charge is 0.154 e. The number of nitrogens with zero attached hydrogens (tertiary/aromatic N) is 3. The Hall–Kier alpha value is -2.49. The van der Waals surface area contributed by atoms with Crippen molar-refractivity contribution in [3.63, 3.8) is 0 Å². The number of benzene rings is 1. The van der Waals surface area contributed by atoms with Crippen molar-refractivity contribution in [2.45, 2.75) is 43.0 Å². The van der Waals surface area contributed by atoms with Gasteiger partial charge in [0.2, 0.25) is 0 Å². The van der Waals surface area contributed by atoms with E-state index in [-0.39, 0.29) is 5.84 Å². The van der Waals surface area contributed by atoms with Crippen molar-refractivity contribution in [2.24, 2.45) is 16.7 Å². The Labute approximate surface area is 168 Å². The van der Waals surface area contributed by atoms with Gasteiger partial charge in [-0.1, -0.05) is 19.3 Å². The van der Waals surface area contributed by atoms with E-state index in [0.717, 1.165) is 18.5 Å². The molecular weight excluding hydrogens is 374 g/mol. The van der Waals surface area contributed by atoms with Gasteiger partial charge in [0, 0.05) is 23.5 Å². The molecule has 1 aliphatic rings. The summed E-state index contributed by atoms with van der Waals surface area (Å²) < 4.78 is 14.9. The first-order chi connectivity index (χ1) is 13.6. The minimum atomic E-state index is -1.32. The molecule has 1 atom stereocenters. The zero-order chi connectivity index (χ0) is 19.9. The lowest BCUT2D eigenvalue weighted by molar-refractivity contribution is 0.462. The highest BCUT2D eigenvalue weighted by atomic mass is 32.2. The summed E-state index contributed by atoms with van der Waals surface area (Å²) in [5, 5.41) is 9.07. The number of nitrogens with one attached hydrogen (secondary N) is 2. The molecule has 1 unspecified atom stereocenters. The summed E-state index contributed by atoms with van der Waals surface area (Å²) in [4.78, 5) is 4.66. The second-order valence-electron chi connectivity index (χ2n) is 6.70. The molecule has 1 aromatic heterocycles. The number of rotatable bonds is 7. The summed E-state index contributed by atoms with van der Waals surface area (Å²) in [5.74, 6) is 6.26. The predicted octanol–water partition coefficient (Wildman–Crippen LogP) is 2.07. The van der Waals surface area contributed by atoms with E-state index in [1.807, 2.05) is 12.1 Å². The van der Waals surface area contributed by atoms with Crippen LogP contribution >= 0.6 is 0 Å². The molecule has 1 saturated carbocycles. The maximum Gasteiger partial charge on any atom is 0.154 e. The lowest BCUT2D eigenvalue weighted by Gasteiger charge is -2.25. The van der Waals surface area contributed by atoms with Crippen LogP contribution in [0.5, 0.6) is 0 Å². The van der Waals surface area contributed by atoms with E-state index in [4.69, 9.17) is 11.6 Å². The van der Waals surface area contributed by atoms with Crippen molar-refractivity contribution in [1.82, 2.24) is 9.71 Å². The molecule has 8 nitrogen and oxygen atoms in total. The molecule has 0 amide bonds. The minimum Gasteiger partial charge on any atom is -0.382 e. The normalized spacial score (nSPS) is 16.6. The third kappa shape index (κ3) is 5.06. The van der Waals surface area contributed by atoms with Gasteiger partial charge in [-0.25, -0.2) is 14.8 Å². The monoisotopic (exact) mass is 401 g/mol. The lowest BCUT2D eigenvalue weighted by atomic mass is 9.95. The van der Waals surface area contributed by atoms with Gasteiger partial charge in [-0.2, -0.15) is 5.12 Å². The Balaban J connectivity index is 1.92. The molecule has 6 N–H and O–H groups in total. The molecule has 0 saturated heterocycles. The molecule has 0 aliphatic heterocycles. The number of pyridine rings is 1. The molecule has 2 aromatic rings. The zero-order valence-corrected chi connectivity index (χ0v) is 16.8. The molecule has 1 aliphatic carbocycles. The SMILES string of the molecule is CNS(=O)c1ccc(NC2CCCCC2)c(/C(N)=N/N(N)c2cccnc2)c1. The second kappa shape index (κ2) is 9.63. The van der Waals surface area contributed by atoms with Gasteiger partial charge in [-0.15, -0.1) is 5.10 Å². The average molecular weight is 402 g/mol. The first-order valence-corrected chi connectivity index (χ1v) is 10.5. The number of amidine groups is 1. The minimum absolute atomic E-state index is 0.236. The summed E-state index contributed by atoms with van der Waals surface area (Å²) in [7, 11) is 0.320. The van der Waals surface area contributed by atoms with E-state index in [1.165, 1.54) is 24.4 Å². The second-order valence-corrected chi connectivity index (χ2v) is 8.12. The Kier molecular flexibility index (Phi) is 6.96. The van der Waals surface area contributed by atoms with E-state index in [9.17, 15) is 4.21 Å².